The molecule has 4 aromatic rings. The number of aromatic nitrogens is 4. The Balaban J connectivity index is 1.40. The van der Waals surface area contributed by atoms with Crippen molar-refractivity contribution in [2.24, 2.45) is 0 Å². The molecule has 7 heteroatoms. The molecule has 2 aromatic heterocycles. The fraction of sp³-hybridized carbons (Fsp3) is 0.286. The first-order valence-electron chi connectivity index (χ1n) is 12.1. The quantitative estimate of drug-likeness (QED) is 0.456. The van der Waals surface area contributed by atoms with Crippen LogP contribution in [-0.2, 0) is 6.54 Å². The van der Waals surface area contributed by atoms with Crippen molar-refractivity contribution >= 4 is 11.9 Å². The Morgan fingerprint density at radius 1 is 1.03 bits per heavy atom. The molecule has 3 heterocycles. The molecule has 0 bridgehead atoms. The molecule has 0 radical (unpaired) electrons. The van der Waals surface area contributed by atoms with E-state index in [2.05, 4.69) is 58.3 Å². The Morgan fingerprint density at radius 2 is 1.83 bits per heavy atom. The molecule has 178 valence electrons. The number of nitrogens with zero attached hydrogens (tertiary/aromatic N) is 5. The summed E-state index contributed by atoms with van der Waals surface area (Å²) in [5.41, 5.74) is 5.79. The largest absolute Gasteiger partial charge is 0.347 e. The van der Waals surface area contributed by atoms with Crippen LogP contribution in [0, 0.1) is 13.8 Å². The summed E-state index contributed by atoms with van der Waals surface area (Å²) < 4.78 is 1.86. The van der Waals surface area contributed by atoms with Crippen LogP contribution in [0.4, 0.5) is 5.95 Å². The lowest BCUT2D eigenvalue weighted by Gasteiger charge is -2.33. The Kier molecular flexibility index (Phi) is 6.57. The minimum atomic E-state index is -0.0987. The second-order valence-corrected chi connectivity index (χ2v) is 9.18. The average Bonchev–Trinajstić information content (AvgIpc) is 3.31. The zero-order valence-corrected chi connectivity index (χ0v) is 20.2. The zero-order valence-electron chi connectivity index (χ0n) is 20.2. The van der Waals surface area contributed by atoms with Crippen molar-refractivity contribution in [2.75, 3.05) is 18.0 Å². The highest BCUT2D eigenvalue weighted by molar-refractivity contribution is 6.00. The first-order chi connectivity index (χ1) is 17.1. The number of hydrogen-bond donors (Lipinski definition) is 1. The van der Waals surface area contributed by atoms with Gasteiger partial charge < -0.3 is 10.2 Å². The minimum Gasteiger partial charge on any atom is -0.347 e. The van der Waals surface area contributed by atoms with Gasteiger partial charge in [0.25, 0.3) is 5.91 Å². The number of amides is 1. The van der Waals surface area contributed by atoms with Gasteiger partial charge in [-0.1, -0.05) is 42.5 Å². The van der Waals surface area contributed by atoms with E-state index in [0.717, 1.165) is 30.5 Å². The number of benzene rings is 2. The molecule has 1 aliphatic rings. The molecule has 1 amide bonds. The van der Waals surface area contributed by atoms with Gasteiger partial charge in [-0.3, -0.25) is 9.48 Å². The maximum absolute atomic E-state index is 13.6. The fourth-order valence-corrected chi connectivity index (χ4v) is 4.54. The second kappa shape index (κ2) is 10.1. The smallest absolute Gasteiger partial charge is 0.255 e. The monoisotopic (exact) mass is 466 g/mol. The second-order valence-electron chi connectivity index (χ2n) is 9.18. The third-order valence-corrected chi connectivity index (χ3v) is 6.57. The summed E-state index contributed by atoms with van der Waals surface area (Å²) in [7, 11) is 0. The zero-order chi connectivity index (χ0) is 24.2. The van der Waals surface area contributed by atoms with Crippen LogP contribution >= 0.6 is 0 Å². The first-order valence-corrected chi connectivity index (χ1v) is 12.1. The van der Waals surface area contributed by atoms with Crippen LogP contribution in [-0.4, -0.2) is 44.8 Å². The molecule has 1 atom stereocenters. The van der Waals surface area contributed by atoms with E-state index in [0.29, 0.717) is 30.3 Å². The number of carbonyl (C=O) groups is 1. The summed E-state index contributed by atoms with van der Waals surface area (Å²) in [6.45, 7) is 6.36. The molecular formula is C28H30N6O. The van der Waals surface area contributed by atoms with Gasteiger partial charge in [0.15, 0.2) is 0 Å². The summed E-state index contributed by atoms with van der Waals surface area (Å²) in [5.74, 6) is 0.608. The molecule has 1 saturated heterocycles. The molecule has 5 rings (SSSR count). The maximum atomic E-state index is 13.6. The molecule has 1 unspecified atom stereocenters. The average molecular weight is 467 g/mol. The first kappa shape index (κ1) is 22.8. The number of nitrogens with one attached hydrogen (secondary N) is 1. The van der Waals surface area contributed by atoms with Crippen molar-refractivity contribution in [3.8, 4) is 11.3 Å². The topological polar surface area (TPSA) is 75.9 Å². The van der Waals surface area contributed by atoms with Gasteiger partial charge in [0.2, 0.25) is 5.95 Å². The highest BCUT2D eigenvalue weighted by Gasteiger charge is 2.26. The van der Waals surface area contributed by atoms with Gasteiger partial charge in [0.1, 0.15) is 5.69 Å². The lowest BCUT2D eigenvalue weighted by molar-refractivity contribution is 0.0933. The van der Waals surface area contributed by atoms with Gasteiger partial charge in [-0.05, 0) is 55.5 Å². The summed E-state index contributed by atoms with van der Waals surface area (Å²) >= 11 is 0. The van der Waals surface area contributed by atoms with Gasteiger partial charge >= 0.3 is 0 Å². The lowest BCUT2D eigenvalue weighted by Crippen LogP contribution is -2.48. The number of aryl methyl sites for hydroxylation is 2. The summed E-state index contributed by atoms with van der Waals surface area (Å²) in [6, 6.07) is 18.2. The van der Waals surface area contributed by atoms with Crippen molar-refractivity contribution < 1.29 is 4.79 Å². The van der Waals surface area contributed by atoms with Crippen LogP contribution < -0.4 is 10.2 Å². The van der Waals surface area contributed by atoms with E-state index < -0.39 is 0 Å². The van der Waals surface area contributed by atoms with Crippen LogP contribution in [0.5, 0.6) is 0 Å². The number of carbonyl (C=O) groups excluding carboxylic acids is 1. The van der Waals surface area contributed by atoms with E-state index in [-0.39, 0.29) is 11.9 Å². The van der Waals surface area contributed by atoms with Gasteiger partial charge in [-0.15, -0.1) is 0 Å². The van der Waals surface area contributed by atoms with Crippen molar-refractivity contribution in [1.29, 1.82) is 0 Å². The molecular weight excluding hydrogens is 436 g/mol. The van der Waals surface area contributed by atoms with E-state index in [1.807, 2.05) is 41.2 Å². The molecule has 1 aliphatic heterocycles. The third-order valence-electron chi connectivity index (χ3n) is 6.57. The highest BCUT2D eigenvalue weighted by atomic mass is 16.1. The molecule has 0 aliphatic carbocycles. The van der Waals surface area contributed by atoms with Gasteiger partial charge in [-0.2, -0.15) is 5.10 Å². The van der Waals surface area contributed by atoms with Crippen LogP contribution in [0.2, 0.25) is 0 Å². The van der Waals surface area contributed by atoms with Crippen LogP contribution in [0.1, 0.15) is 39.9 Å². The Morgan fingerprint density at radius 3 is 2.60 bits per heavy atom. The Bertz CT molecular complexity index is 1300. The van der Waals surface area contributed by atoms with Gasteiger partial charge in [-0.25, -0.2) is 9.97 Å². The molecule has 0 saturated carbocycles. The van der Waals surface area contributed by atoms with Crippen molar-refractivity contribution in [3.05, 3.63) is 95.4 Å². The number of hydrogen-bond acceptors (Lipinski definition) is 5. The summed E-state index contributed by atoms with van der Waals surface area (Å²) in [4.78, 5) is 24.4. The number of piperidine rings is 1. The van der Waals surface area contributed by atoms with E-state index >= 15 is 0 Å². The number of rotatable bonds is 6. The van der Waals surface area contributed by atoms with Crippen LogP contribution in [0.3, 0.4) is 0 Å². The van der Waals surface area contributed by atoms with Crippen LogP contribution in [0.15, 0.2) is 73.2 Å². The van der Waals surface area contributed by atoms with Crippen molar-refractivity contribution in [1.82, 2.24) is 25.1 Å². The van der Waals surface area contributed by atoms with E-state index in [4.69, 9.17) is 5.10 Å². The summed E-state index contributed by atoms with van der Waals surface area (Å²) in [6.07, 6.45) is 7.27. The highest BCUT2D eigenvalue weighted by Crippen LogP contribution is 2.26. The Hall–Kier alpha value is -4.00. The normalized spacial score (nSPS) is 15.7. The molecule has 2 aromatic carbocycles. The van der Waals surface area contributed by atoms with E-state index in [1.54, 1.807) is 12.4 Å². The maximum Gasteiger partial charge on any atom is 0.255 e. The number of anilines is 1. The molecule has 1 N–H and O–H groups in total. The minimum absolute atomic E-state index is 0.0186. The molecule has 7 nitrogen and oxygen atoms in total. The van der Waals surface area contributed by atoms with Gasteiger partial charge in [0, 0.05) is 43.3 Å². The Labute approximate surface area is 205 Å². The van der Waals surface area contributed by atoms with Crippen molar-refractivity contribution in [2.45, 2.75) is 39.3 Å². The predicted molar refractivity (Wildman–Crippen MR) is 137 cm³/mol. The van der Waals surface area contributed by atoms with Crippen LogP contribution in [0.25, 0.3) is 11.3 Å². The lowest BCUT2D eigenvalue weighted by atomic mass is 10.0. The SMILES string of the molecule is Cc1ccc(-c2nn(Cc3ccccc3)cc2C(=O)NC2CCCN(c3ncccn3)C2)cc1C. The van der Waals surface area contributed by atoms with Gasteiger partial charge in [0.05, 0.1) is 12.1 Å². The van der Waals surface area contributed by atoms with E-state index in [1.165, 1.54) is 11.1 Å². The standard InChI is InChI=1S/C28H30N6O/c1-20-11-12-23(16-21(20)2)26-25(19-34(32-26)17-22-8-4-3-5-9-22)27(35)31-24-10-6-15-33(18-24)28-29-13-7-14-30-28/h3-5,7-9,11-14,16,19,24H,6,10,15,17-18H2,1-2H3,(H,31,35). The predicted octanol–water partition coefficient (Wildman–Crippen LogP) is 4.40. The molecule has 1 fully saturated rings. The summed E-state index contributed by atoms with van der Waals surface area (Å²) in [5, 5.41) is 8.11. The fourth-order valence-electron chi connectivity index (χ4n) is 4.54. The third kappa shape index (κ3) is 5.24. The van der Waals surface area contributed by atoms with Crippen molar-refractivity contribution in [3.63, 3.8) is 0 Å². The molecule has 35 heavy (non-hydrogen) atoms. The molecule has 0 spiro atoms. The van der Waals surface area contributed by atoms with E-state index in [9.17, 15) is 4.79 Å².